The van der Waals surface area contributed by atoms with Crippen LogP contribution in [0.15, 0.2) is 24.3 Å². The summed E-state index contributed by atoms with van der Waals surface area (Å²) in [5, 5.41) is 3.25. The first kappa shape index (κ1) is 10.6. The zero-order valence-corrected chi connectivity index (χ0v) is 9.14. The molecule has 1 aromatic rings. The number of hydrogen-bond acceptors (Lipinski definition) is 2. The Morgan fingerprint density at radius 2 is 1.92 bits per heavy atom. The molecule has 0 fully saturated rings. The molecule has 0 amide bonds. The van der Waals surface area contributed by atoms with E-state index in [-0.39, 0.29) is 5.37 Å². The Hall–Kier alpha value is -0.470. The van der Waals surface area contributed by atoms with Gasteiger partial charge in [-0.2, -0.15) is 12.6 Å². The molecular formula is C11H17NS. The third-order valence-corrected chi connectivity index (χ3v) is 2.66. The molecule has 0 radical (unpaired) electrons. The van der Waals surface area contributed by atoms with Crippen LogP contribution in [0.1, 0.15) is 29.8 Å². The van der Waals surface area contributed by atoms with Gasteiger partial charge in [0.25, 0.3) is 0 Å². The third kappa shape index (κ3) is 3.05. The molecule has 0 aliphatic carbocycles. The lowest BCUT2D eigenvalue weighted by molar-refractivity contribution is 0.799. The topological polar surface area (TPSA) is 12.0 Å². The van der Waals surface area contributed by atoms with Crippen molar-refractivity contribution in [1.82, 2.24) is 5.32 Å². The summed E-state index contributed by atoms with van der Waals surface area (Å²) in [6.07, 6.45) is 2.37. The largest absolute Gasteiger partial charge is 0.305 e. The standard InChI is InChI=1S/C11H17NS/c1-3-4-9-5-7-10(8-6-9)11(13)12-2/h5-8,11-13H,3-4H2,1-2H3. The fourth-order valence-corrected chi connectivity index (χ4v) is 1.49. The van der Waals surface area contributed by atoms with Gasteiger partial charge in [0.05, 0.1) is 5.37 Å². The van der Waals surface area contributed by atoms with Gasteiger partial charge in [0.2, 0.25) is 0 Å². The molecule has 72 valence electrons. The summed E-state index contributed by atoms with van der Waals surface area (Å²) in [6.45, 7) is 2.20. The van der Waals surface area contributed by atoms with Crippen LogP contribution in [0, 0.1) is 0 Å². The lowest BCUT2D eigenvalue weighted by Gasteiger charge is -2.09. The zero-order chi connectivity index (χ0) is 9.68. The Kier molecular flexibility index (Phi) is 4.33. The molecule has 0 bridgehead atoms. The summed E-state index contributed by atoms with van der Waals surface area (Å²) in [5.41, 5.74) is 2.63. The van der Waals surface area contributed by atoms with Crippen LogP contribution >= 0.6 is 12.6 Å². The van der Waals surface area contributed by atoms with Gasteiger partial charge in [-0.05, 0) is 24.6 Å². The summed E-state index contributed by atoms with van der Waals surface area (Å²) in [6, 6.07) is 8.64. The summed E-state index contributed by atoms with van der Waals surface area (Å²) in [5.74, 6) is 0. The second kappa shape index (κ2) is 5.30. The number of aryl methyl sites for hydroxylation is 1. The van der Waals surface area contributed by atoms with Gasteiger partial charge in [-0.1, -0.05) is 37.6 Å². The predicted molar refractivity (Wildman–Crippen MR) is 61.2 cm³/mol. The SMILES string of the molecule is CCCc1ccc(C(S)NC)cc1. The second-order valence-corrected chi connectivity index (χ2v) is 3.70. The first-order valence-electron chi connectivity index (χ1n) is 4.72. The van der Waals surface area contributed by atoms with Gasteiger partial charge >= 0.3 is 0 Å². The molecule has 1 nitrogen and oxygen atoms in total. The van der Waals surface area contributed by atoms with Gasteiger partial charge in [-0.15, -0.1) is 0 Å². The smallest absolute Gasteiger partial charge is 0.0757 e. The minimum atomic E-state index is 0.149. The van der Waals surface area contributed by atoms with Crippen molar-refractivity contribution in [2.24, 2.45) is 0 Å². The first-order valence-corrected chi connectivity index (χ1v) is 5.23. The fourth-order valence-electron chi connectivity index (χ4n) is 1.32. The highest BCUT2D eigenvalue weighted by Gasteiger charge is 2.01. The Bertz CT molecular complexity index is 243. The van der Waals surface area contributed by atoms with Crippen molar-refractivity contribution in [2.75, 3.05) is 7.05 Å². The maximum absolute atomic E-state index is 4.39. The quantitative estimate of drug-likeness (QED) is 0.556. The first-order chi connectivity index (χ1) is 6.27. The lowest BCUT2D eigenvalue weighted by Crippen LogP contribution is -2.09. The molecule has 0 aromatic heterocycles. The van der Waals surface area contributed by atoms with Crippen LogP contribution in [-0.4, -0.2) is 7.05 Å². The van der Waals surface area contributed by atoms with E-state index in [1.807, 2.05) is 7.05 Å². The molecule has 1 N–H and O–H groups in total. The lowest BCUT2D eigenvalue weighted by atomic mass is 10.1. The Morgan fingerprint density at radius 3 is 2.38 bits per heavy atom. The number of benzene rings is 1. The van der Waals surface area contributed by atoms with Gasteiger partial charge in [-0.3, -0.25) is 0 Å². The molecule has 0 aliphatic rings. The van der Waals surface area contributed by atoms with Crippen molar-refractivity contribution < 1.29 is 0 Å². The van der Waals surface area contributed by atoms with Gasteiger partial charge in [0.15, 0.2) is 0 Å². The molecule has 0 aliphatic heterocycles. The molecule has 2 heteroatoms. The molecule has 1 aromatic carbocycles. The number of thiol groups is 1. The van der Waals surface area contributed by atoms with Gasteiger partial charge in [0, 0.05) is 0 Å². The minimum Gasteiger partial charge on any atom is -0.305 e. The normalized spacial score (nSPS) is 12.8. The van der Waals surface area contributed by atoms with Crippen molar-refractivity contribution in [3.05, 3.63) is 35.4 Å². The zero-order valence-electron chi connectivity index (χ0n) is 8.25. The van der Waals surface area contributed by atoms with E-state index in [0.29, 0.717) is 0 Å². The van der Waals surface area contributed by atoms with Gasteiger partial charge < -0.3 is 5.32 Å². The highest BCUT2D eigenvalue weighted by Crippen LogP contribution is 2.16. The van der Waals surface area contributed by atoms with E-state index in [9.17, 15) is 0 Å². The van der Waals surface area contributed by atoms with E-state index < -0.39 is 0 Å². The van der Waals surface area contributed by atoms with Gasteiger partial charge in [0.1, 0.15) is 0 Å². The van der Waals surface area contributed by atoms with Crippen LogP contribution < -0.4 is 5.32 Å². The van der Waals surface area contributed by atoms with Crippen LogP contribution in [0.5, 0.6) is 0 Å². The number of hydrogen-bond donors (Lipinski definition) is 2. The molecule has 0 saturated carbocycles. The van der Waals surface area contributed by atoms with Crippen LogP contribution in [0.2, 0.25) is 0 Å². The number of nitrogens with one attached hydrogen (secondary N) is 1. The van der Waals surface area contributed by atoms with Gasteiger partial charge in [-0.25, -0.2) is 0 Å². The monoisotopic (exact) mass is 195 g/mol. The highest BCUT2D eigenvalue weighted by molar-refractivity contribution is 7.80. The van der Waals surface area contributed by atoms with E-state index in [1.54, 1.807) is 0 Å². The van der Waals surface area contributed by atoms with Crippen LogP contribution in [0.3, 0.4) is 0 Å². The second-order valence-electron chi connectivity index (χ2n) is 3.18. The van der Waals surface area contributed by atoms with Crippen molar-refractivity contribution in [1.29, 1.82) is 0 Å². The molecule has 0 heterocycles. The predicted octanol–water partition coefficient (Wildman–Crippen LogP) is 2.79. The van der Waals surface area contributed by atoms with Crippen LogP contribution in [0.4, 0.5) is 0 Å². The van der Waals surface area contributed by atoms with Crippen molar-refractivity contribution in [3.63, 3.8) is 0 Å². The van der Waals surface area contributed by atoms with E-state index in [1.165, 1.54) is 17.5 Å². The number of rotatable bonds is 4. The highest BCUT2D eigenvalue weighted by atomic mass is 32.1. The maximum Gasteiger partial charge on any atom is 0.0757 e. The van der Waals surface area contributed by atoms with Crippen molar-refractivity contribution >= 4 is 12.6 Å². The summed E-state index contributed by atoms with van der Waals surface area (Å²) in [7, 11) is 1.91. The summed E-state index contributed by atoms with van der Waals surface area (Å²) < 4.78 is 0. The molecule has 0 spiro atoms. The van der Waals surface area contributed by atoms with Crippen molar-refractivity contribution in [2.45, 2.75) is 25.1 Å². The summed E-state index contributed by atoms with van der Waals surface area (Å²) in [4.78, 5) is 0. The third-order valence-electron chi connectivity index (χ3n) is 2.11. The van der Waals surface area contributed by atoms with E-state index in [2.05, 4.69) is 49.1 Å². The molecule has 1 atom stereocenters. The Morgan fingerprint density at radius 1 is 1.31 bits per heavy atom. The average Bonchev–Trinajstić information content (AvgIpc) is 2.18. The minimum absolute atomic E-state index is 0.149. The Labute approximate surface area is 86.0 Å². The maximum atomic E-state index is 4.39. The van der Waals surface area contributed by atoms with Crippen LogP contribution in [-0.2, 0) is 6.42 Å². The van der Waals surface area contributed by atoms with E-state index in [0.717, 1.165) is 6.42 Å². The molecule has 13 heavy (non-hydrogen) atoms. The molecular weight excluding hydrogens is 178 g/mol. The van der Waals surface area contributed by atoms with Crippen LogP contribution in [0.25, 0.3) is 0 Å². The molecule has 0 saturated heterocycles. The van der Waals surface area contributed by atoms with Crippen molar-refractivity contribution in [3.8, 4) is 0 Å². The van der Waals surface area contributed by atoms with E-state index >= 15 is 0 Å². The fraction of sp³-hybridized carbons (Fsp3) is 0.455. The van der Waals surface area contributed by atoms with E-state index in [4.69, 9.17) is 0 Å². The molecule has 1 rings (SSSR count). The summed E-state index contributed by atoms with van der Waals surface area (Å²) >= 11 is 4.39. The Balaban J connectivity index is 2.69. The molecule has 1 unspecified atom stereocenters. The average molecular weight is 195 g/mol.